The molecule has 0 unspecified atom stereocenters. The first kappa shape index (κ1) is 8.72. The van der Waals surface area contributed by atoms with Crippen LogP contribution in [0.3, 0.4) is 0 Å². The van der Waals surface area contributed by atoms with Crippen molar-refractivity contribution in [3.05, 3.63) is 0 Å². The molecule has 0 aromatic rings. The summed E-state index contributed by atoms with van der Waals surface area (Å²) in [5, 5.41) is 0. The van der Waals surface area contributed by atoms with Crippen LogP contribution in [-0.4, -0.2) is 28.8 Å². The molecule has 0 bridgehead atoms. The molecule has 0 aliphatic carbocycles. The van der Waals surface area contributed by atoms with Gasteiger partial charge in [0.05, 0.1) is 6.54 Å². The highest BCUT2D eigenvalue weighted by Crippen LogP contribution is 2.23. The molecule has 0 saturated carbocycles. The van der Waals surface area contributed by atoms with E-state index in [1.54, 1.807) is 0 Å². The van der Waals surface area contributed by atoms with Crippen molar-refractivity contribution in [3.8, 4) is 0 Å². The Bertz CT molecular complexity index is 169. The molecule has 1 fully saturated rings. The van der Waals surface area contributed by atoms with Crippen LogP contribution in [0.1, 0.15) is 34.1 Å². The third-order valence-corrected chi connectivity index (χ3v) is 2.26. The second kappa shape index (κ2) is 2.59. The molecule has 1 rings (SSSR count). The summed E-state index contributed by atoms with van der Waals surface area (Å²) in [6.07, 6.45) is 0.733. The van der Waals surface area contributed by atoms with Crippen LogP contribution in [0.4, 0.5) is 0 Å². The highest BCUT2D eigenvalue weighted by atomic mass is 16.1. The van der Waals surface area contributed by atoms with Crippen LogP contribution >= 0.6 is 0 Å². The lowest BCUT2D eigenvalue weighted by atomic mass is 10.1. The summed E-state index contributed by atoms with van der Waals surface area (Å²) in [7, 11) is 0. The summed E-state index contributed by atoms with van der Waals surface area (Å²) in [5.41, 5.74) is 0.144. The molecule has 11 heavy (non-hydrogen) atoms. The van der Waals surface area contributed by atoms with Crippen molar-refractivity contribution in [3.63, 3.8) is 0 Å². The third-order valence-electron chi connectivity index (χ3n) is 2.26. The van der Waals surface area contributed by atoms with Crippen LogP contribution < -0.4 is 0 Å². The Hall–Kier alpha value is -0.370. The van der Waals surface area contributed by atoms with Crippen molar-refractivity contribution in [1.82, 2.24) is 4.90 Å². The zero-order chi connectivity index (χ0) is 8.65. The number of hydrogen-bond donors (Lipinski definition) is 0. The number of hydrogen-bond acceptors (Lipinski definition) is 2. The van der Waals surface area contributed by atoms with Gasteiger partial charge in [0.25, 0.3) is 0 Å². The van der Waals surface area contributed by atoms with Crippen LogP contribution in [0.5, 0.6) is 0 Å². The van der Waals surface area contributed by atoms with Crippen molar-refractivity contribution in [2.75, 3.05) is 6.54 Å². The molecule has 1 aliphatic rings. The van der Waals surface area contributed by atoms with E-state index in [4.69, 9.17) is 0 Å². The van der Waals surface area contributed by atoms with Crippen LogP contribution in [-0.2, 0) is 4.79 Å². The topological polar surface area (TPSA) is 20.3 Å². The van der Waals surface area contributed by atoms with Crippen LogP contribution in [0.15, 0.2) is 0 Å². The monoisotopic (exact) mass is 155 g/mol. The smallest absolute Gasteiger partial charge is 0.148 e. The van der Waals surface area contributed by atoms with E-state index in [-0.39, 0.29) is 5.54 Å². The van der Waals surface area contributed by atoms with Gasteiger partial charge in [-0.25, -0.2) is 0 Å². The molecule has 64 valence electrons. The highest BCUT2D eigenvalue weighted by Gasteiger charge is 2.34. The lowest BCUT2D eigenvalue weighted by Gasteiger charge is -2.34. The lowest BCUT2D eigenvalue weighted by molar-refractivity contribution is -0.117. The number of carbonyl (C=O) groups excluding carboxylic acids is 1. The summed E-state index contributed by atoms with van der Waals surface area (Å²) >= 11 is 0. The second-order valence-corrected chi connectivity index (χ2v) is 4.39. The predicted molar refractivity (Wildman–Crippen MR) is 45.5 cm³/mol. The van der Waals surface area contributed by atoms with Crippen molar-refractivity contribution >= 4 is 5.78 Å². The first-order chi connectivity index (χ1) is 4.91. The van der Waals surface area contributed by atoms with E-state index in [0.29, 0.717) is 18.4 Å². The SMILES string of the molecule is C[C@H]1CC(=O)CN1C(C)(C)C. The Labute approximate surface area is 68.6 Å². The Morgan fingerprint density at radius 3 is 2.18 bits per heavy atom. The van der Waals surface area contributed by atoms with Gasteiger partial charge in [0.1, 0.15) is 5.78 Å². The average Bonchev–Trinajstić information content (AvgIpc) is 2.08. The fraction of sp³-hybridized carbons (Fsp3) is 0.889. The van der Waals surface area contributed by atoms with Gasteiger partial charge in [-0.3, -0.25) is 9.69 Å². The Balaban J connectivity index is 2.67. The minimum atomic E-state index is 0.144. The van der Waals surface area contributed by atoms with Crippen LogP contribution in [0.2, 0.25) is 0 Å². The maximum absolute atomic E-state index is 11.1. The van der Waals surface area contributed by atoms with Gasteiger partial charge >= 0.3 is 0 Å². The first-order valence-corrected chi connectivity index (χ1v) is 4.19. The molecule has 0 amide bonds. The maximum Gasteiger partial charge on any atom is 0.148 e. The lowest BCUT2D eigenvalue weighted by Crippen LogP contribution is -2.43. The summed E-state index contributed by atoms with van der Waals surface area (Å²) in [6.45, 7) is 9.23. The molecule has 1 saturated heterocycles. The number of ketones is 1. The quantitative estimate of drug-likeness (QED) is 0.527. The van der Waals surface area contributed by atoms with Gasteiger partial charge in [0, 0.05) is 18.0 Å². The molecule has 0 radical (unpaired) electrons. The van der Waals surface area contributed by atoms with E-state index < -0.39 is 0 Å². The van der Waals surface area contributed by atoms with E-state index in [1.807, 2.05) is 0 Å². The Morgan fingerprint density at radius 2 is 2.00 bits per heavy atom. The number of carbonyl (C=O) groups is 1. The fourth-order valence-corrected chi connectivity index (χ4v) is 1.75. The van der Waals surface area contributed by atoms with Gasteiger partial charge in [-0.15, -0.1) is 0 Å². The van der Waals surface area contributed by atoms with E-state index >= 15 is 0 Å². The summed E-state index contributed by atoms with van der Waals surface area (Å²) in [6, 6.07) is 0.433. The predicted octanol–water partition coefficient (Wildman–Crippen LogP) is 1.45. The van der Waals surface area contributed by atoms with Gasteiger partial charge in [0.2, 0.25) is 0 Å². The van der Waals surface area contributed by atoms with Gasteiger partial charge in [-0.2, -0.15) is 0 Å². The molecule has 0 aromatic heterocycles. The maximum atomic E-state index is 11.1. The minimum Gasteiger partial charge on any atom is -0.298 e. The molecule has 1 heterocycles. The Kier molecular flexibility index (Phi) is 2.06. The highest BCUT2D eigenvalue weighted by molar-refractivity contribution is 5.83. The van der Waals surface area contributed by atoms with Gasteiger partial charge in [-0.1, -0.05) is 0 Å². The van der Waals surface area contributed by atoms with Crippen molar-refractivity contribution in [1.29, 1.82) is 0 Å². The standard InChI is InChI=1S/C9H17NO/c1-7-5-8(11)6-10(7)9(2,3)4/h7H,5-6H2,1-4H3/t7-/m0/s1. The zero-order valence-electron chi connectivity index (χ0n) is 7.85. The van der Waals surface area contributed by atoms with Gasteiger partial charge < -0.3 is 0 Å². The third kappa shape index (κ3) is 1.80. The fourth-order valence-electron chi connectivity index (χ4n) is 1.75. The van der Waals surface area contributed by atoms with Crippen LogP contribution in [0, 0.1) is 0 Å². The normalized spacial score (nSPS) is 28.0. The molecule has 0 spiro atoms. The molecule has 2 nitrogen and oxygen atoms in total. The first-order valence-electron chi connectivity index (χ1n) is 4.19. The zero-order valence-corrected chi connectivity index (χ0v) is 7.85. The Morgan fingerprint density at radius 1 is 1.45 bits per heavy atom. The number of Topliss-reactive ketones (excluding diaryl/α,β-unsaturated/α-hetero) is 1. The van der Waals surface area contributed by atoms with Crippen molar-refractivity contribution in [2.24, 2.45) is 0 Å². The molecule has 1 aliphatic heterocycles. The molecule has 0 aromatic carbocycles. The largest absolute Gasteiger partial charge is 0.298 e. The van der Waals surface area contributed by atoms with E-state index in [0.717, 1.165) is 6.42 Å². The molecule has 1 atom stereocenters. The van der Waals surface area contributed by atoms with Crippen LogP contribution in [0.25, 0.3) is 0 Å². The molecular weight excluding hydrogens is 138 g/mol. The molecular formula is C9H17NO. The summed E-state index contributed by atoms with van der Waals surface area (Å²) in [5.74, 6) is 0.382. The number of likely N-dealkylation sites (tertiary alicyclic amines) is 1. The van der Waals surface area contributed by atoms with Crippen molar-refractivity contribution < 1.29 is 4.79 Å². The van der Waals surface area contributed by atoms with E-state index in [2.05, 4.69) is 32.6 Å². The van der Waals surface area contributed by atoms with E-state index in [9.17, 15) is 4.79 Å². The van der Waals surface area contributed by atoms with E-state index in [1.165, 1.54) is 0 Å². The van der Waals surface area contributed by atoms with Gasteiger partial charge in [-0.05, 0) is 27.7 Å². The minimum absolute atomic E-state index is 0.144. The number of rotatable bonds is 0. The molecule has 0 N–H and O–H groups in total. The van der Waals surface area contributed by atoms with Crippen molar-refractivity contribution in [2.45, 2.75) is 45.7 Å². The average molecular weight is 155 g/mol. The summed E-state index contributed by atoms with van der Waals surface area (Å²) < 4.78 is 0. The molecule has 2 heteroatoms. The van der Waals surface area contributed by atoms with Gasteiger partial charge in [0.15, 0.2) is 0 Å². The summed E-state index contributed by atoms with van der Waals surface area (Å²) in [4.78, 5) is 13.3. The second-order valence-electron chi connectivity index (χ2n) is 4.39. The number of nitrogens with zero attached hydrogens (tertiary/aromatic N) is 1.